The Balaban J connectivity index is 1.71. The predicted octanol–water partition coefficient (Wildman–Crippen LogP) is 2.95. The molecular weight excluding hydrogens is 362 g/mol. The average molecular weight is 380 g/mol. The lowest BCUT2D eigenvalue weighted by Gasteiger charge is -2.07. The Morgan fingerprint density at radius 2 is 2.07 bits per heavy atom. The Hall–Kier alpha value is -3.18. The smallest absolute Gasteiger partial charge is 0.288 e. The second-order valence-corrected chi connectivity index (χ2v) is 6.75. The van der Waals surface area contributed by atoms with E-state index in [4.69, 9.17) is 4.52 Å². The van der Waals surface area contributed by atoms with Crippen molar-refractivity contribution >= 4 is 23.6 Å². The van der Waals surface area contributed by atoms with Gasteiger partial charge in [-0.15, -0.1) is 0 Å². The van der Waals surface area contributed by atoms with Crippen molar-refractivity contribution in [1.29, 1.82) is 5.26 Å². The summed E-state index contributed by atoms with van der Waals surface area (Å²) in [5.74, 6) is 0.126. The first-order chi connectivity index (χ1) is 13.1. The van der Waals surface area contributed by atoms with Gasteiger partial charge in [0.15, 0.2) is 6.54 Å². The fraction of sp³-hybridized carbons (Fsp3) is 0.211. The maximum Gasteiger partial charge on any atom is 0.302 e. The molecule has 0 fully saturated rings. The van der Waals surface area contributed by atoms with Crippen LogP contribution in [0.25, 0.3) is 11.3 Å². The van der Waals surface area contributed by atoms with Crippen LogP contribution in [-0.2, 0) is 11.3 Å². The highest BCUT2D eigenvalue weighted by atomic mass is 32.2. The minimum Gasteiger partial charge on any atom is -0.288 e. The van der Waals surface area contributed by atoms with Crippen molar-refractivity contribution in [2.45, 2.75) is 25.4 Å². The molecular formula is C19H18N5O2S+. The first-order valence-corrected chi connectivity index (χ1v) is 9.35. The van der Waals surface area contributed by atoms with Crippen LogP contribution >= 0.6 is 11.8 Å². The number of aromatic nitrogens is 3. The summed E-state index contributed by atoms with van der Waals surface area (Å²) in [6, 6.07) is 13.6. The minimum absolute atomic E-state index is 0.103. The van der Waals surface area contributed by atoms with E-state index in [1.165, 1.54) is 11.8 Å². The third-order valence-corrected chi connectivity index (χ3v) is 4.76. The molecule has 7 nitrogen and oxygen atoms in total. The number of nitrogens with zero attached hydrogens (tertiary/aromatic N) is 4. The van der Waals surface area contributed by atoms with Gasteiger partial charge in [-0.1, -0.05) is 46.3 Å². The quantitative estimate of drug-likeness (QED) is 0.522. The van der Waals surface area contributed by atoms with Crippen molar-refractivity contribution in [3.05, 3.63) is 53.7 Å². The molecule has 1 N–H and O–H groups in total. The topological polar surface area (TPSA) is 95.7 Å². The van der Waals surface area contributed by atoms with Crippen molar-refractivity contribution in [3.8, 4) is 17.3 Å². The van der Waals surface area contributed by atoms with E-state index >= 15 is 0 Å². The second-order valence-electron chi connectivity index (χ2n) is 5.79. The maximum absolute atomic E-state index is 12.1. The summed E-state index contributed by atoms with van der Waals surface area (Å²) >= 11 is 1.21. The minimum atomic E-state index is -0.258. The van der Waals surface area contributed by atoms with Crippen LogP contribution in [0.4, 0.5) is 5.88 Å². The number of carbonyl (C=O) groups excluding carboxylic acids is 1. The third-order valence-electron chi connectivity index (χ3n) is 3.76. The standard InChI is InChI=1S/C19H17N5O2S/c1-3-24-11-18(26-23-24)22-17(25)12-27-19-15(10-20)8-9-16(21-19)14-6-4-13(2)5-7-14/h4-9,11H,3,12H2,1-2H3/p+1. The SMILES string of the molecule is CC[n+]1cc(NC(=O)CSc2nc(-c3ccc(C)cc3)ccc2C#N)on1. The molecule has 2 aromatic heterocycles. The van der Waals surface area contributed by atoms with E-state index in [9.17, 15) is 10.1 Å². The molecule has 27 heavy (non-hydrogen) atoms. The zero-order chi connectivity index (χ0) is 19.2. The van der Waals surface area contributed by atoms with Crippen molar-refractivity contribution < 1.29 is 14.0 Å². The number of carbonyl (C=O) groups is 1. The van der Waals surface area contributed by atoms with Crippen LogP contribution in [0.3, 0.4) is 0 Å². The number of hydrogen-bond acceptors (Lipinski definition) is 6. The fourth-order valence-electron chi connectivity index (χ4n) is 2.31. The van der Waals surface area contributed by atoms with Gasteiger partial charge in [0.1, 0.15) is 11.1 Å². The summed E-state index contributed by atoms with van der Waals surface area (Å²) < 4.78 is 6.59. The first kappa shape index (κ1) is 18.6. The van der Waals surface area contributed by atoms with Crippen molar-refractivity contribution in [1.82, 2.24) is 10.3 Å². The normalized spacial score (nSPS) is 10.4. The number of nitriles is 1. The fourth-order valence-corrected chi connectivity index (χ4v) is 3.08. The number of rotatable bonds is 6. The molecule has 8 heteroatoms. The molecule has 3 aromatic rings. The van der Waals surface area contributed by atoms with Crippen LogP contribution < -0.4 is 10.00 Å². The zero-order valence-electron chi connectivity index (χ0n) is 15.0. The van der Waals surface area contributed by atoms with E-state index in [-0.39, 0.29) is 17.5 Å². The molecule has 0 saturated carbocycles. The van der Waals surface area contributed by atoms with E-state index in [1.807, 2.05) is 44.2 Å². The van der Waals surface area contributed by atoms with Crippen LogP contribution in [0.5, 0.6) is 0 Å². The number of benzene rings is 1. The van der Waals surface area contributed by atoms with Crippen molar-refractivity contribution in [2.24, 2.45) is 0 Å². The molecule has 0 bridgehead atoms. The van der Waals surface area contributed by atoms with Gasteiger partial charge in [0.2, 0.25) is 11.2 Å². The molecule has 0 radical (unpaired) electrons. The molecule has 1 amide bonds. The van der Waals surface area contributed by atoms with Crippen LogP contribution in [0.2, 0.25) is 0 Å². The Kier molecular flexibility index (Phi) is 5.84. The lowest BCUT2D eigenvalue weighted by molar-refractivity contribution is -0.759. The van der Waals surface area contributed by atoms with E-state index in [2.05, 4.69) is 21.6 Å². The summed E-state index contributed by atoms with van der Waals surface area (Å²) in [6.07, 6.45) is 1.61. The lowest BCUT2D eigenvalue weighted by Crippen LogP contribution is -2.32. The summed E-state index contributed by atoms with van der Waals surface area (Å²) in [5, 5.41) is 16.2. The molecule has 0 unspecified atom stereocenters. The first-order valence-electron chi connectivity index (χ1n) is 8.36. The van der Waals surface area contributed by atoms with E-state index < -0.39 is 0 Å². The van der Waals surface area contributed by atoms with Gasteiger partial charge in [-0.2, -0.15) is 5.26 Å². The largest absolute Gasteiger partial charge is 0.302 e. The number of thioether (sulfide) groups is 1. The Bertz CT molecular complexity index is 992. The molecule has 0 atom stereocenters. The summed E-state index contributed by atoms with van der Waals surface area (Å²) in [4.78, 5) is 16.7. The molecule has 0 aliphatic carbocycles. The Morgan fingerprint density at radius 3 is 2.74 bits per heavy atom. The monoisotopic (exact) mass is 380 g/mol. The summed E-state index contributed by atoms with van der Waals surface area (Å²) in [5.41, 5.74) is 3.32. The average Bonchev–Trinajstić information content (AvgIpc) is 3.14. The van der Waals surface area contributed by atoms with Crippen LogP contribution in [-0.4, -0.2) is 21.9 Å². The molecule has 0 spiro atoms. The van der Waals surface area contributed by atoms with Crippen LogP contribution in [0.15, 0.2) is 52.1 Å². The number of pyridine rings is 1. The predicted molar refractivity (Wildman–Crippen MR) is 101 cm³/mol. The molecule has 0 aliphatic heterocycles. The third kappa shape index (κ3) is 4.71. The van der Waals surface area contributed by atoms with Crippen LogP contribution in [0, 0.1) is 18.3 Å². The maximum atomic E-state index is 12.1. The number of aryl methyl sites for hydroxylation is 2. The molecule has 3 rings (SSSR count). The Morgan fingerprint density at radius 1 is 1.30 bits per heavy atom. The number of hydrogen-bond donors (Lipinski definition) is 1. The van der Waals surface area contributed by atoms with Gasteiger partial charge in [-0.05, 0) is 26.0 Å². The zero-order valence-corrected chi connectivity index (χ0v) is 15.8. The summed E-state index contributed by atoms with van der Waals surface area (Å²) in [6.45, 7) is 4.59. The van der Waals surface area contributed by atoms with E-state index in [0.717, 1.165) is 16.8 Å². The number of amides is 1. The van der Waals surface area contributed by atoms with Gasteiger partial charge in [-0.3, -0.25) is 14.6 Å². The van der Waals surface area contributed by atoms with Gasteiger partial charge in [0.25, 0.3) is 6.20 Å². The van der Waals surface area contributed by atoms with Gasteiger partial charge in [-0.25, -0.2) is 4.98 Å². The second kappa shape index (κ2) is 8.47. The molecule has 2 heterocycles. The van der Waals surface area contributed by atoms with Gasteiger partial charge >= 0.3 is 5.88 Å². The molecule has 136 valence electrons. The number of nitrogens with one attached hydrogen (secondary N) is 1. The molecule has 0 saturated heterocycles. The van der Waals surface area contributed by atoms with Gasteiger partial charge < -0.3 is 0 Å². The van der Waals surface area contributed by atoms with E-state index in [1.54, 1.807) is 16.9 Å². The highest BCUT2D eigenvalue weighted by Crippen LogP contribution is 2.25. The lowest BCUT2D eigenvalue weighted by atomic mass is 10.1. The van der Waals surface area contributed by atoms with Gasteiger partial charge in [0, 0.05) is 5.56 Å². The molecule has 1 aromatic carbocycles. The summed E-state index contributed by atoms with van der Waals surface area (Å²) in [7, 11) is 0. The van der Waals surface area contributed by atoms with Gasteiger partial charge in [0.05, 0.1) is 17.0 Å². The van der Waals surface area contributed by atoms with Crippen molar-refractivity contribution in [2.75, 3.05) is 11.1 Å². The highest BCUT2D eigenvalue weighted by Gasteiger charge is 2.14. The number of anilines is 1. The van der Waals surface area contributed by atoms with Crippen LogP contribution in [0.1, 0.15) is 18.1 Å². The van der Waals surface area contributed by atoms with E-state index in [0.29, 0.717) is 17.1 Å². The molecule has 0 aliphatic rings. The Labute approximate surface area is 161 Å². The highest BCUT2D eigenvalue weighted by molar-refractivity contribution is 8.00. The van der Waals surface area contributed by atoms with Crippen molar-refractivity contribution in [3.63, 3.8) is 0 Å².